The van der Waals surface area contributed by atoms with Gasteiger partial charge in [0.1, 0.15) is 12.0 Å². The standard InChI is InChI=1S/C19H19F4N5O2/c20-18-26-16(24-10-12-5-4-6-13(9-12)30-19(21,22)23)15-17(27-18)28(11-25-15)14-7-2-1-3-8-29-14/h4-6,9,11,14H,1-3,7-8,10H2,(H,24,26,27). The molecule has 1 aliphatic rings. The summed E-state index contributed by atoms with van der Waals surface area (Å²) in [5, 5.41) is 2.92. The predicted octanol–water partition coefficient (Wildman–Crippen LogP) is 4.57. The van der Waals surface area contributed by atoms with E-state index in [0.29, 0.717) is 23.3 Å². The largest absolute Gasteiger partial charge is 0.573 e. The van der Waals surface area contributed by atoms with Gasteiger partial charge in [-0.2, -0.15) is 14.4 Å². The first kappa shape index (κ1) is 20.3. The zero-order valence-electron chi connectivity index (χ0n) is 15.8. The van der Waals surface area contributed by atoms with Crippen molar-refractivity contribution in [3.05, 3.63) is 42.2 Å². The summed E-state index contributed by atoms with van der Waals surface area (Å²) in [7, 11) is 0. The van der Waals surface area contributed by atoms with E-state index in [4.69, 9.17) is 4.74 Å². The number of nitrogens with one attached hydrogen (secondary N) is 1. The van der Waals surface area contributed by atoms with Crippen LogP contribution in [-0.4, -0.2) is 32.5 Å². The van der Waals surface area contributed by atoms with Crippen molar-refractivity contribution in [1.29, 1.82) is 0 Å². The number of aromatic nitrogens is 4. The molecule has 1 saturated heterocycles. The highest BCUT2D eigenvalue weighted by Crippen LogP contribution is 2.28. The van der Waals surface area contributed by atoms with Crippen molar-refractivity contribution in [2.75, 3.05) is 11.9 Å². The topological polar surface area (TPSA) is 74.1 Å². The van der Waals surface area contributed by atoms with Crippen LogP contribution in [0.2, 0.25) is 0 Å². The summed E-state index contributed by atoms with van der Waals surface area (Å²) in [5.74, 6) is -0.192. The number of halogens is 4. The van der Waals surface area contributed by atoms with Crippen molar-refractivity contribution in [1.82, 2.24) is 19.5 Å². The average Bonchev–Trinajstić information content (AvgIpc) is 2.92. The lowest BCUT2D eigenvalue weighted by Crippen LogP contribution is -2.17. The Balaban J connectivity index is 1.55. The van der Waals surface area contributed by atoms with Gasteiger partial charge in [0.2, 0.25) is 0 Å². The molecule has 4 rings (SSSR count). The Morgan fingerprint density at radius 1 is 1.20 bits per heavy atom. The Labute approximate surface area is 169 Å². The van der Waals surface area contributed by atoms with Gasteiger partial charge in [0.15, 0.2) is 17.0 Å². The molecular weight excluding hydrogens is 406 g/mol. The highest BCUT2D eigenvalue weighted by molar-refractivity contribution is 5.82. The van der Waals surface area contributed by atoms with Crippen LogP contribution in [-0.2, 0) is 11.3 Å². The summed E-state index contributed by atoms with van der Waals surface area (Å²) in [4.78, 5) is 11.9. The number of ether oxygens (including phenoxy) is 2. The monoisotopic (exact) mass is 425 g/mol. The van der Waals surface area contributed by atoms with Crippen molar-refractivity contribution >= 4 is 17.0 Å². The summed E-state index contributed by atoms with van der Waals surface area (Å²) >= 11 is 0. The number of alkyl halides is 3. The minimum Gasteiger partial charge on any atom is -0.406 e. The number of benzene rings is 1. The molecule has 1 N–H and O–H groups in total. The Hall–Kier alpha value is -2.95. The SMILES string of the molecule is Fc1nc(NCc2cccc(OC(F)(F)F)c2)c2ncn(C3CCCCCO3)c2n1. The zero-order chi connectivity index (χ0) is 21.1. The summed E-state index contributed by atoms with van der Waals surface area (Å²) in [5.41, 5.74) is 1.15. The third kappa shape index (κ3) is 4.78. The lowest BCUT2D eigenvalue weighted by molar-refractivity contribution is -0.274. The van der Waals surface area contributed by atoms with Crippen molar-refractivity contribution in [2.45, 2.75) is 44.8 Å². The van der Waals surface area contributed by atoms with Crippen LogP contribution in [0.1, 0.15) is 37.5 Å². The van der Waals surface area contributed by atoms with E-state index >= 15 is 0 Å². The second-order valence-corrected chi connectivity index (χ2v) is 6.89. The van der Waals surface area contributed by atoms with Gasteiger partial charge in [0, 0.05) is 13.2 Å². The van der Waals surface area contributed by atoms with Gasteiger partial charge >= 0.3 is 12.4 Å². The van der Waals surface area contributed by atoms with E-state index in [1.807, 2.05) is 0 Å². The van der Waals surface area contributed by atoms with Gasteiger partial charge in [-0.1, -0.05) is 18.6 Å². The zero-order valence-corrected chi connectivity index (χ0v) is 15.8. The molecule has 30 heavy (non-hydrogen) atoms. The fourth-order valence-electron chi connectivity index (χ4n) is 3.38. The molecule has 11 heteroatoms. The van der Waals surface area contributed by atoms with Gasteiger partial charge in [-0.05, 0) is 37.0 Å². The molecule has 0 bridgehead atoms. The highest BCUT2D eigenvalue weighted by atomic mass is 19.4. The molecule has 0 aliphatic carbocycles. The van der Waals surface area contributed by atoms with E-state index in [1.54, 1.807) is 10.6 Å². The van der Waals surface area contributed by atoms with Crippen molar-refractivity contribution < 1.29 is 27.0 Å². The summed E-state index contributed by atoms with van der Waals surface area (Å²) in [6.45, 7) is 0.701. The fraction of sp³-hybridized carbons (Fsp3) is 0.421. The molecule has 3 aromatic rings. The van der Waals surface area contributed by atoms with Crippen molar-refractivity contribution in [2.24, 2.45) is 0 Å². The maximum atomic E-state index is 14.1. The third-order valence-corrected chi connectivity index (χ3v) is 4.70. The van der Waals surface area contributed by atoms with Crippen molar-refractivity contribution in [3.63, 3.8) is 0 Å². The Morgan fingerprint density at radius 3 is 2.90 bits per heavy atom. The van der Waals surface area contributed by atoms with Gasteiger partial charge in [0.25, 0.3) is 0 Å². The number of imidazole rings is 1. The van der Waals surface area contributed by atoms with Gasteiger partial charge in [-0.25, -0.2) is 4.98 Å². The molecule has 1 fully saturated rings. The van der Waals surface area contributed by atoms with Gasteiger partial charge in [0.05, 0.1) is 6.33 Å². The quantitative estimate of drug-likeness (QED) is 0.477. The molecule has 2 aromatic heterocycles. The second-order valence-electron chi connectivity index (χ2n) is 6.89. The smallest absolute Gasteiger partial charge is 0.406 e. The van der Waals surface area contributed by atoms with Crippen LogP contribution in [0.25, 0.3) is 11.2 Å². The Morgan fingerprint density at radius 2 is 2.07 bits per heavy atom. The van der Waals surface area contributed by atoms with Crippen LogP contribution >= 0.6 is 0 Å². The lowest BCUT2D eigenvalue weighted by atomic mass is 10.2. The maximum Gasteiger partial charge on any atom is 0.573 e. The Bertz CT molecular complexity index is 1020. The molecule has 3 heterocycles. The minimum atomic E-state index is -4.78. The van der Waals surface area contributed by atoms with E-state index in [0.717, 1.165) is 25.7 Å². The van der Waals surface area contributed by atoms with Crippen LogP contribution < -0.4 is 10.1 Å². The van der Waals surface area contributed by atoms with Gasteiger partial charge in [-0.15, -0.1) is 13.2 Å². The van der Waals surface area contributed by atoms with E-state index in [1.165, 1.54) is 24.5 Å². The first-order valence-corrected chi connectivity index (χ1v) is 9.49. The third-order valence-electron chi connectivity index (χ3n) is 4.70. The number of fused-ring (bicyclic) bond motifs is 1. The maximum absolute atomic E-state index is 14.1. The molecule has 0 spiro atoms. The van der Waals surface area contributed by atoms with Gasteiger partial charge < -0.3 is 14.8 Å². The molecule has 160 valence electrons. The molecule has 1 aliphatic heterocycles. The van der Waals surface area contributed by atoms with Crippen LogP contribution in [0.4, 0.5) is 23.4 Å². The lowest BCUT2D eigenvalue weighted by Gasteiger charge is -2.17. The molecular formula is C19H19F4N5O2. The van der Waals surface area contributed by atoms with Gasteiger partial charge in [-0.3, -0.25) is 4.57 Å². The normalized spacial score (nSPS) is 17.7. The highest BCUT2D eigenvalue weighted by Gasteiger charge is 2.31. The molecule has 0 amide bonds. The van der Waals surface area contributed by atoms with Crippen LogP contribution in [0, 0.1) is 6.08 Å². The number of hydrogen-bond acceptors (Lipinski definition) is 6. The van der Waals surface area contributed by atoms with E-state index < -0.39 is 12.4 Å². The first-order chi connectivity index (χ1) is 14.4. The number of anilines is 1. The number of rotatable bonds is 5. The second kappa shape index (κ2) is 8.42. The molecule has 1 atom stereocenters. The summed E-state index contributed by atoms with van der Waals surface area (Å²) in [6, 6.07) is 5.50. The van der Waals surface area contributed by atoms with Crippen molar-refractivity contribution in [3.8, 4) is 5.75 Å². The minimum absolute atomic E-state index is 0.0907. The molecule has 1 unspecified atom stereocenters. The molecule has 1 aromatic carbocycles. The summed E-state index contributed by atoms with van der Waals surface area (Å²) in [6.07, 6.45) is -0.665. The Kier molecular flexibility index (Phi) is 5.71. The van der Waals surface area contributed by atoms with E-state index in [-0.39, 0.29) is 24.3 Å². The van der Waals surface area contributed by atoms with Crippen LogP contribution in [0.3, 0.4) is 0 Å². The fourth-order valence-corrected chi connectivity index (χ4v) is 3.38. The van der Waals surface area contributed by atoms with Crippen LogP contribution in [0.5, 0.6) is 5.75 Å². The average molecular weight is 425 g/mol. The molecule has 0 radical (unpaired) electrons. The predicted molar refractivity (Wildman–Crippen MR) is 99.2 cm³/mol. The molecule has 0 saturated carbocycles. The summed E-state index contributed by atoms with van der Waals surface area (Å²) < 4.78 is 62.8. The van der Waals surface area contributed by atoms with Crippen LogP contribution in [0.15, 0.2) is 30.6 Å². The molecule has 7 nitrogen and oxygen atoms in total. The van der Waals surface area contributed by atoms with E-state index in [2.05, 4.69) is 25.0 Å². The van der Waals surface area contributed by atoms with E-state index in [9.17, 15) is 17.6 Å². The first-order valence-electron chi connectivity index (χ1n) is 9.49. The number of hydrogen-bond donors (Lipinski definition) is 1. The number of nitrogens with zero attached hydrogens (tertiary/aromatic N) is 4.